The van der Waals surface area contributed by atoms with Crippen LogP contribution in [-0.2, 0) is 6.54 Å². The monoisotopic (exact) mass is 335 g/mol. The van der Waals surface area contributed by atoms with Crippen LogP contribution in [-0.4, -0.2) is 37.9 Å². The van der Waals surface area contributed by atoms with Crippen LogP contribution >= 0.6 is 0 Å². The van der Waals surface area contributed by atoms with Gasteiger partial charge in [0.2, 0.25) is 0 Å². The molecule has 1 aliphatic rings. The van der Waals surface area contributed by atoms with Crippen LogP contribution in [0, 0.1) is 0 Å². The van der Waals surface area contributed by atoms with Crippen LogP contribution in [0.3, 0.4) is 0 Å². The van der Waals surface area contributed by atoms with Crippen LogP contribution in [0.15, 0.2) is 43.0 Å². The molecule has 0 amide bonds. The molecule has 0 radical (unpaired) electrons. The summed E-state index contributed by atoms with van der Waals surface area (Å²) in [6.45, 7) is 3.79. The molecule has 0 aliphatic carbocycles. The van der Waals surface area contributed by atoms with Gasteiger partial charge in [-0.3, -0.25) is 4.79 Å². The first-order valence-corrected chi connectivity index (χ1v) is 8.78. The van der Waals surface area contributed by atoms with E-state index >= 15 is 0 Å². The average Bonchev–Trinajstić information content (AvgIpc) is 3.28. The van der Waals surface area contributed by atoms with E-state index in [1.807, 2.05) is 41.2 Å². The lowest BCUT2D eigenvalue weighted by Crippen LogP contribution is -2.32. The molecule has 1 aromatic carbocycles. The summed E-state index contributed by atoms with van der Waals surface area (Å²) in [6.07, 6.45) is 5.97. The van der Waals surface area contributed by atoms with E-state index in [9.17, 15) is 4.79 Å². The highest BCUT2D eigenvalue weighted by molar-refractivity contribution is 5.96. The fourth-order valence-electron chi connectivity index (χ4n) is 3.59. The third-order valence-corrected chi connectivity index (χ3v) is 4.89. The Labute approximate surface area is 146 Å². The average molecular weight is 335 g/mol. The molecule has 3 heterocycles. The first-order chi connectivity index (χ1) is 12.3. The minimum Gasteiger partial charge on any atom is -0.351 e. The van der Waals surface area contributed by atoms with Crippen molar-refractivity contribution in [2.24, 2.45) is 0 Å². The van der Waals surface area contributed by atoms with Gasteiger partial charge < -0.3 is 9.47 Å². The molecule has 1 unspecified atom stereocenters. The Kier molecular flexibility index (Phi) is 4.17. The van der Waals surface area contributed by atoms with Gasteiger partial charge in [-0.05, 0) is 19.8 Å². The number of aryl methyl sites for hydroxylation is 1. The minimum absolute atomic E-state index is 0.164. The summed E-state index contributed by atoms with van der Waals surface area (Å²) in [5.74, 6) is 1.03. The van der Waals surface area contributed by atoms with Crippen molar-refractivity contribution in [2.75, 3.05) is 11.4 Å². The zero-order valence-corrected chi connectivity index (χ0v) is 14.3. The molecule has 0 saturated carbocycles. The van der Waals surface area contributed by atoms with Gasteiger partial charge in [0.25, 0.3) is 0 Å². The van der Waals surface area contributed by atoms with Gasteiger partial charge in [-0.2, -0.15) is 0 Å². The van der Waals surface area contributed by atoms with E-state index in [0.717, 1.165) is 48.5 Å². The summed E-state index contributed by atoms with van der Waals surface area (Å²) in [6, 6.07) is 9.68. The third-order valence-electron chi connectivity index (χ3n) is 4.89. The van der Waals surface area contributed by atoms with Crippen molar-refractivity contribution in [3.05, 3.63) is 48.5 Å². The van der Waals surface area contributed by atoms with Crippen LogP contribution in [0.5, 0.6) is 0 Å². The fraction of sp³-hybridized carbons (Fsp3) is 0.368. The summed E-state index contributed by atoms with van der Waals surface area (Å²) >= 11 is 0. The number of carbonyl (C=O) groups is 1. The molecule has 4 rings (SSSR count). The highest BCUT2D eigenvalue weighted by Gasteiger charge is 2.30. The van der Waals surface area contributed by atoms with Crippen molar-refractivity contribution in [1.29, 1.82) is 0 Å². The van der Waals surface area contributed by atoms with Crippen molar-refractivity contribution in [1.82, 2.24) is 19.5 Å². The highest BCUT2D eigenvalue weighted by atomic mass is 16.1. The van der Waals surface area contributed by atoms with Crippen molar-refractivity contribution >= 4 is 22.8 Å². The normalized spacial score (nSPS) is 17.3. The zero-order valence-electron chi connectivity index (χ0n) is 14.3. The van der Waals surface area contributed by atoms with E-state index < -0.39 is 0 Å². The molecule has 1 atom stereocenters. The number of benzene rings is 1. The predicted octanol–water partition coefficient (Wildman–Crippen LogP) is 3.09. The standard InChI is InChI=1S/C19H21N5O/c1-2-23-13-22-17-18(23)20-12-21-19(17)24-10-6-9-15(24)11-16(25)14-7-4-3-5-8-14/h3-5,7-8,12-13,15H,2,6,9-11H2,1H3. The number of hydrogen-bond donors (Lipinski definition) is 0. The second kappa shape index (κ2) is 6.63. The summed E-state index contributed by atoms with van der Waals surface area (Å²) in [4.78, 5) is 28.2. The van der Waals surface area contributed by atoms with E-state index in [1.165, 1.54) is 0 Å². The lowest BCUT2D eigenvalue weighted by molar-refractivity contribution is 0.0974. The number of Topliss-reactive ketones (excluding diaryl/α,β-unsaturated/α-hetero) is 1. The zero-order chi connectivity index (χ0) is 17.2. The van der Waals surface area contributed by atoms with Gasteiger partial charge in [0.1, 0.15) is 6.33 Å². The molecule has 1 fully saturated rings. The van der Waals surface area contributed by atoms with Crippen molar-refractivity contribution in [3.8, 4) is 0 Å². The van der Waals surface area contributed by atoms with E-state index in [-0.39, 0.29) is 11.8 Å². The first kappa shape index (κ1) is 15.7. The third kappa shape index (κ3) is 2.88. The number of nitrogens with zero attached hydrogens (tertiary/aromatic N) is 5. The topological polar surface area (TPSA) is 63.9 Å². The number of ketones is 1. The Bertz CT molecular complexity index is 889. The van der Waals surface area contributed by atoms with Crippen LogP contribution < -0.4 is 4.90 Å². The molecule has 2 aromatic heterocycles. The Morgan fingerprint density at radius 3 is 2.84 bits per heavy atom. The van der Waals surface area contributed by atoms with E-state index in [2.05, 4.69) is 26.8 Å². The number of imidazole rings is 1. The van der Waals surface area contributed by atoms with Crippen LogP contribution in [0.4, 0.5) is 5.82 Å². The largest absolute Gasteiger partial charge is 0.351 e. The minimum atomic E-state index is 0.164. The second-order valence-electron chi connectivity index (χ2n) is 6.38. The number of rotatable bonds is 5. The molecule has 0 N–H and O–H groups in total. The molecule has 3 aromatic rings. The molecule has 1 saturated heterocycles. The molecule has 0 spiro atoms. The fourth-order valence-corrected chi connectivity index (χ4v) is 3.59. The number of carbonyl (C=O) groups excluding carboxylic acids is 1. The van der Waals surface area contributed by atoms with Gasteiger partial charge in [0.15, 0.2) is 22.8 Å². The van der Waals surface area contributed by atoms with Gasteiger partial charge in [-0.25, -0.2) is 15.0 Å². The Balaban J connectivity index is 1.62. The second-order valence-corrected chi connectivity index (χ2v) is 6.38. The molecule has 128 valence electrons. The quantitative estimate of drug-likeness (QED) is 0.671. The van der Waals surface area contributed by atoms with E-state index in [4.69, 9.17) is 0 Å². The van der Waals surface area contributed by atoms with Crippen molar-refractivity contribution in [2.45, 2.75) is 38.8 Å². The van der Waals surface area contributed by atoms with Crippen LogP contribution in [0.1, 0.15) is 36.5 Å². The Morgan fingerprint density at radius 2 is 2.04 bits per heavy atom. The van der Waals surface area contributed by atoms with Gasteiger partial charge >= 0.3 is 0 Å². The SMILES string of the molecule is CCn1cnc2c(N3CCCC3CC(=O)c3ccccc3)ncnc21. The Hall–Kier alpha value is -2.76. The first-order valence-electron chi connectivity index (χ1n) is 8.78. The molecule has 1 aliphatic heterocycles. The predicted molar refractivity (Wildman–Crippen MR) is 96.8 cm³/mol. The maximum atomic E-state index is 12.6. The number of hydrogen-bond acceptors (Lipinski definition) is 5. The van der Waals surface area contributed by atoms with Crippen molar-refractivity contribution in [3.63, 3.8) is 0 Å². The lowest BCUT2D eigenvalue weighted by Gasteiger charge is -2.25. The van der Waals surface area contributed by atoms with Gasteiger partial charge in [0.05, 0.1) is 6.33 Å². The summed E-state index contributed by atoms with van der Waals surface area (Å²) < 4.78 is 2.01. The molecule has 25 heavy (non-hydrogen) atoms. The molecular weight excluding hydrogens is 314 g/mol. The van der Waals surface area contributed by atoms with Gasteiger partial charge in [-0.1, -0.05) is 30.3 Å². The molecule has 6 nitrogen and oxygen atoms in total. The van der Waals surface area contributed by atoms with Crippen LogP contribution in [0.2, 0.25) is 0 Å². The lowest BCUT2D eigenvalue weighted by atomic mass is 10.0. The molecule has 0 bridgehead atoms. The van der Waals surface area contributed by atoms with Gasteiger partial charge in [0, 0.05) is 31.1 Å². The highest BCUT2D eigenvalue weighted by Crippen LogP contribution is 2.30. The number of fused-ring (bicyclic) bond motifs is 1. The number of anilines is 1. The summed E-state index contributed by atoms with van der Waals surface area (Å²) in [7, 11) is 0. The van der Waals surface area contributed by atoms with Crippen LogP contribution in [0.25, 0.3) is 11.2 Å². The maximum absolute atomic E-state index is 12.6. The maximum Gasteiger partial charge on any atom is 0.165 e. The molecular formula is C19H21N5O. The molecule has 6 heteroatoms. The summed E-state index contributed by atoms with van der Waals surface area (Å²) in [5, 5.41) is 0. The Morgan fingerprint density at radius 1 is 1.20 bits per heavy atom. The van der Waals surface area contributed by atoms with E-state index in [1.54, 1.807) is 6.33 Å². The number of aromatic nitrogens is 4. The van der Waals surface area contributed by atoms with E-state index in [0.29, 0.717) is 6.42 Å². The summed E-state index contributed by atoms with van der Waals surface area (Å²) in [5.41, 5.74) is 2.45. The smallest absolute Gasteiger partial charge is 0.165 e. The van der Waals surface area contributed by atoms with Gasteiger partial charge in [-0.15, -0.1) is 0 Å². The van der Waals surface area contributed by atoms with Crippen molar-refractivity contribution < 1.29 is 4.79 Å².